The third kappa shape index (κ3) is 2.25. The molecule has 0 aliphatic carbocycles. The summed E-state index contributed by atoms with van der Waals surface area (Å²) in [5, 5.41) is 20.9. The number of fused-ring (bicyclic) bond motifs is 1. The number of anilines is 1. The molecule has 1 heterocycles. The van der Waals surface area contributed by atoms with Gasteiger partial charge in [-0.2, -0.15) is 0 Å². The van der Waals surface area contributed by atoms with Crippen molar-refractivity contribution in [3.63, 3.8) is 0 Å². The molecule has 1 aromatic heterocycles. The Hall–Kier alpha value is -2.17. The van der Waals surface area contributed by atoms with Crippen molar-refractivity contribution in [2.24, 2.45) is 0 Å². The first-order valence-corrected chi connectivity index (χ1v) is 5.88. The van der Waals surface area contributed by atoms with Crippen molar-refractivity contribution < 1.29 is 9.90 Å². The average molecular weight is 245 g/mol. The zero-order valence-electron chi connectivity index (χ0n) is 10.3. The molecule has 0 amide bonds. The highest BCUT2D eigenvalue weighted by Gasteiger charge is 2.17. The van der Waals surface area contributed by atoms with Gasteiger partial charge in [0.25, 0.3) is 0 Å². The fourth-order valence-electron chi connectivity index (χ4n) is 1.70. The van der Waals surface area contributed by atoms with E-state index < -0.39 is 5.97 Å². The summed E-state index contributed by atoms with van der Waals surface area (Å²) in [5.41, 5.74) is 1.20. The molecule has 0 aliphatic rings. The molecule has 0 bridgehead atoms. The molecule has 94 valence electrons. The van der Waals surface area contributed by atoms with Crippen molar-refractivity contribution in [3.05, 3.63) is 30.0 Å². The summed E-state index contributed by atoms with van der Waals surface area (Å²) in [6.07, 6.45) is 0.899. The van der Waals surface area contributed by atoms with E-state index in [2.05, 4.69) is 15.5 Å². The molecule has 0 fully saturated rings. The van der Waals surface area contributed by atoms with E-state index in [1.807, 2.05) is 38.1 Å². The summed E-state index contributed by atoms with van der Waals surface area (Å²) in [6, 6.07) is 7.55. The van der Waals surface area contributed by atoms with Crippen LogP contribution in [0.25, 0.3) is 10.9 Å². The summed E-state index contributed by atoms with van der Waals surface area (Å²) in [5.74, 6) is -1.07. The molecular formula is C13H15N3O2. The Balaban J connectivity index is 2.62. The van der Waals surface area contributed by atoms with Gasteiger partial charge in [0.05, 0.1) is 11.2 Å². The van der Waals surface area contributed by atoms with E-state index in [9.17, 15) is 4.79 Å². The van der Waals surface area contributed by atoms with Gasteiger partial charge < -0.3 is 10.4 Å². The number of aromatic nitrogens is 2. The Morgan fingerprint density at radius 1 is 1.39 bits per heavy atom. The van der Waals surface area contributed by atoms with Gasteiger partial charge in [-0.25, -0.2) is 4.79 Å². The van der Waals surface area contributed by atoms with Crippen LogP contribution in [-0.2, 0) is 0 Å². The van der Waals surface area contributed by atoms with E-state index in [-0.39, 0.29) is 11.7 Å². The number of hydrogen-bond donors (Lipinski definition) is 2. The zero-order chi connectivity index (χ0) is 13.1. The van der Waals surface area contributed by atoms with Crippen LogP contribution in [0.15, 0.2) is 24.3 Å². The van der Waals surface area contributed by atoms with Crippen LogP contribution in [0.4, 0.5) is 5.69 Å². The largest absolute Gasteiger partial charge is 0.476 e. The SMILES string of the molecule is CCC(C)Nc1c(C(=O)O)nnc2ccccc12. The van der Waals surface area contributed by atoms with Crippen LogP contribution in [-0.4, -0.2) is 27.3 Å². The van der Waals surface area contributed by atoms with Gasteiger partial charge in [-0.15, -0.1) is 10.2 Å². The Bertz CT molecular complexity index is 583. The Morgan fingerprint density at radius 2 is 2.11 bits per heavy atom. The lowest BCUT2D eigenvalue weighted by molar-refractivity contribution is 0.0690. The smallest absolute Gasteiger partial charge is 0.358 e. The van der Waals surface area contributed by atoms with E-state index >= 15 is 0 Å². The quantitative estimate of drug-likeness (QED) is 0.865. The number of aromatic carboxylic acids is 1. The van der Waals surface area contributed by atoms with Crippen LogP contribution in [0.1, 0.15) is 30.8 Å². The lowest BCUT2D eigenvalue weighted by atomic mass is 10.1. The standard InChI is InChI=1S/C13H15N3O2/c1-3-8(2)14-11-9-6-4-5-7-10(9)15-16-12(11)13(17)18/h4-8H,3H2,1-2H3,(H,14,15)(H,17,18). The molecular weight excluding hydrogens is 230 g/mol. The predicted molar refractivity (Wildman–Crippen MR) is 69.9 cm³/mol. The van der Waals surface area contributed by atoms with Crippen LogP contribution >= 0.6 is 0 Å². The molecule has 0 saturated carbocycles. The molecule has 5 nitrogen and oxygen atoms in total. The predicted octanol–water partition coefficient (Wildman–Crippen LogP) is 2.54. The van der Waals surface area contributed by atoms with Gasteiger partial charge in [0.2, 0.25) is 0 Å². The Kier molecular flexibility index (Phi) is 3.41. The fourth-order valence-corrected chi connectivity index (χ4v) is 1.70. The number of carboxylic acid groups (broad SMARTS) is 1. The monoisotopic (exact) mass is 245 g/mol. The van der Waals surface area contributed by atoms with E-state index in [1.54, 1.807) is 0 Å². The Morgan fingerprint density at radius 3 is 2.78 bits per heavy atom. The fraction of sp³-hybridized carbons (Fsp3) is 0.308. The molecule has 0 saturated heterocycles. The molecule has 2 rings (SSSR count). The van der Waals surface area contributed by atoms with Gasteiger partial charge in [0.1, 0.15) is 0 Å². The minimum atomic E-state index is -1.07. The number of nitrogens with zero attached hydrogens (tertiary/aromatic N) is 2. The molecule has 2 N–H and O–H groups in total. The van der Waals surface area contributed by atoms with Gasteiger partial charge in [-0.1, -0.05) is 25.1 Å². The van der Waals surface area contributed by atoms with E-state index in [0.29, 0.717) is 11.2 Å². The lowest BCUT2D eigenvalue weighted by Crippen LogP contribution is -2.18. The molecule has 1 aromatic carbocycles. The third-order valence-electron chi connectivity index (χ3n) is 2.87. The summed E-state index contributed by atoms with van der Waals surface area (Å²) >= 11 is 0. The van der Waals surface area contributed by atoms with Crippen LogP contribution in [0.3, 0.4) is 0 Å². The first-order chi connectivity index (χ1) is 8.63. The first-order valence-electron chi connectivity index (χ1n) is 5.88. The van der Waals surface area contributed by atoms with Gasteiger partial charge in [0.15, 0.2) is 5.69 Å². The Labute approximate surface area is 105 Å². The topological polar surface area (TPSA) is 75.1 Å². The van der Waals surface area contributed by atoms with Gasteiger partial charge in [-0.3, -0.25) is 0 Å². The number of carbonyl (C=O) groups is 1. The molecule has 1 atom stereocenters. The second-order valence-corrected chi connectivity index (χ2v) is 4.20. The third-order valence-corrected chi connectivity index (χ3v) is 2.87. The summed E-state index contributed by atoms with van der Waals surface area (Å²) in [6.45, 7) is 4.04. The molecule has 0 aliphatic heterocycles. The summed E-state index contributed by atoms with van der Waals surface area (Å²) in [7, 11) is 0. The van der Waals surface area contributed by atoms with Crippen LogP contribution in [0.2, 0.25) is 0 Å². The molecule has 1 unspecified atom stereocenters. The molecule has 5 heteroatoms. The van der Waals surface area contributed by atoms with E-state index in [1.165, 1.54) is 0 Å². The normalized spacial score (nSPS) is 12.3. The number of benzene rings is 1. The lowest BCUT2D eigenvalue weighted by Gasteiger charge is -2.16. The molecule has 0 spiro atoms. The minimum Gasteiger partial charge on any atom is -0.476 e. The van der Waals surface area contributed by atoms with Crippen molar-refractivity contribution in [3.8, 4) is 0 Å². The van der Waals surface area contributed by atoms with Gasteiger partial charge in [0, 0.05) is 11.4 Å². The highest BCUT2D eigenvalue weighted by atomic mass is 16.4. The van der Waals surface area contributed by atoms with Gasteiger partial charge >= 0.3 is 5.97 Å². The van der Waals surface area contributed by atoms with Crippen LogP contribution in [0, 0.1) is 0 Å². The highest BCUT2D eigenvalue weighted by Crippen LogP contribution is 2.25. The maximum atomic E-state index is 11.2. The number of hydrogen-bond acceptors (Lipinski definition) is 4. The van der Waals surface area contributed by atoms with Crippen molar-refractivity contribution in [1.82, 2.24) is 10.2 Å². The summed E-state index contributed by atoms with van der Waals surface area (Å²) in [4.78, 5) is 11.2. The van der Waals surface area contributed by atoms with Crippen molar-refractivity contribution in [2.75, 3.05) is 5.32 Å². The second-order valence-electron chi connectivity index (χ2n) is 4.20. The number of nitrogens with one attached hydrogen (secondary N) is 1. The highest BCUT2D eigenvalue weighted by molar-refractivity contribution is 6.02. The van der Waals surface area contributed by atoms with Crippen molar-refractivity contribution in [2.45, 2.75) is 26.3 Å². The molecule has 18 heavy (non-hydrogen) atoms. The first kappa shape index (κ1) is 12.3. The van der Waals surface area contributed by atoms with Gasteiger partial charge in [-0.05, 0) is 19.4 Å². The van der Waals surface area contributed by atoms with E-state index in [4.69, 9.17) is 5.11 Å². The van der Waals surface area contributed by atoms with E-state index in [0.717, 1.165) is 11.8 Å². The maximum Gasteiger partial charge on any atom is 0.358 e. The summed E-state index contributed by atoms with van der Waals surface area (Å²) < 4.78 is 0. The zero-order valence-corrected chi connectivity index (χ0v) is 10.3. The maximum absolute atomic E-state index is 11.2. The second kappa shape index (κ2) is 5.00. The van der Waals surface area contributed by atoms with Crippen LogP contribution in [0.5, 0.6) is 0 Å². The number of rotatable bonds is 4. The number of carboxylic acids is 1. The minimum absolute atomic E-state index is 0.0333. The van der Waals surface area contributed by atoms with Crippen molar-refractivity contribution >= 4 is 22.6 Å². The average Bonchev–Trinajstić information content (AvgIpc) is 2.38. The molecule has 0 radical (unpaired) electrons. The van der Waals surface area contributed by atoms with Crippen molar-refractivity contribution in [1.29, 1.82) is 0 Å². The van der Waals surface area contributed by atoms with Crippen LogP contribution < -0.4 is 5.32 Å². The molecule has 2 aromatic rings.